The van der Waals surface area contributed by atoms with Crippen molar-refractivity contribution in [2.24, 2.45) is 5.92 Å². The van der Waals surface area contributed by atoms with Gasteiger partial charge in [0, 0.05) is 16.9 Å². The molecule has 1 aromatic heterocycles. The van der Waals surface area contributed by atoms with Gasteiger partial charge in [-0.2, -0.15) is 0 Å². The van der Waals surface area contributed by atoms with Gasteiger partial charge in [0.15, 0.2) is 0 Å². The standard InChI is InChI=1S/C14H17Br2N.C3H6/c1-3-12(5-4-11(2)8-15)13-6-7-14(9-16)17-10-13;1-3-2/h3-7,10-11H,8-9H2,1-2H3;3H,1H2,2H3/b5-4-,12-3+;. The molecule has 0 bridgehead atoms. The third-order valence-corrected chi connectivity index (χ3v) is 4.05. The third-order valence-electron chi connectivity index (χ3n) is 2.45. The van der Waals surface area contributed by atoms with E-state index in [-0.39, 0.29) is 0 Å². The van der Waals surface area contributed by atoms with Crippen LogP contribution in [0.15, 0.2) is 49.2 Å². The van der Waals surface area contributed by atoms with Crippen LogP contribution in [0.3, 0.4) is 0 Å². The highest BCUT2D eigenvalue weighted by Crippen LogP contribution is 2.17. The third kappa shape index (κ3) is 7.81. The van der Waals surface area contributed by atoms with E-state index in [1.165, 1.54) is 5.57 Å². The summed E-state index contributed by atoms with van der Waals surface area (Å²) in [5.74, 6) is 0.541. The predicted octanol–water partition coefficient (Wildman–Crippen LogP) is 6.16. The Hall–Kier alpha value is -0.670. The molecule has 0 aliphatic carbocycles. The Balaban J connectivity index is 0.00000110. The van der Waals surface area contributed by atoms with E-state index in [0.29, 0.717) is 5.92 Å². The van der Waals surface area contributed by atoms with Gasteiger partial charge in [-0.15, -0.1) is 6.58 Å². The summed E-state index contributed by atoms with van der Waals surface area (Å²) in [6.07, 6.45) is 10.2. The fourth-order valence-corrected chi connectivity index (χ4v) is 1.90. The molecule has 0 saturated heterocycles. The highest BCUT2D eigenvalue weighted by Gasteiger charge is 1.99. The van der Waals surface area contributed by atoms with Crippen molar-refractivity contribution >= 4 is 37.4 Å². The summed E-state index contributed by atoms with van der Waals surface area (Å²) in [6, 6.07) is 4.16. The van der Waals surface area contributed by atoms with Gasteiger partial charge in [-0.25, -0.2) is 0 Å². The van der Waals surface area contributed by atoms with Crippen molar-refractivity contribution in [1.29, 1.82) is 0 Å². The second-order valence-electron chi connectivity index (χ2n) is 4.31. The van der Waals surface area contributed by atoms with E-state index in [9.17, 15) is 0 Å². The topological polar surface area (TPSA) is 12.9 Å². The molecule has 1 rings (SSSR count). The number of pyridine rings is 1. The van der Waals surface area contributed by atoms with Crippen LogP contribution in [0.4, 0.5) is 0 Å². The molecule has 1 aromatic rings. The van der Waals surface area contributed by atoms with Gasteiger partial charge in [-0.1, -0.05) is 69.2 Å². The number of halogens is 2. The van der Waals surface area contributed by atoms with Crippen LogP contribution in [0, 0.1) is 5.92 Å². The molecule has 3 heteroatoms. The zero-order valence-corrected chi connectivity index (χ0v) is 15.6. The first-order chi connectivity index (χ1) is 9.62. The van der Waals surface area contributed by atoms with Gasteiger partial charge in [0.1, 0.15) is 0 Å². The van der Waals surface area contributed by atoms with Crippen LogP contribution < -0.4 is 0 Å². The highest BCUT2D eigenvalue weighted by molar-refractivity contribution is 9.09. The summed E-state index contributed by atoms with van der Waals surface area (Å²) in [5, 5.41) is 1.79. The maximum absolute atomic E-state index is 4.38. The molecule has 0 amide bonds. The van der Waals surface area contributed by atoms with Crippen LogP contribution in [-0.2, 0) is 5.33 Å². The van der Waals surface area contributed by atoms with Crippen LogP contribution in [0.1, 0.15) is 32.0 Å². The lowest BCUT2D eigenvalue weighted by atomic mass is 10.1. The number of hydrogen-bond acceptors (Lipinski definition) is 1. The Morgan fingerprint density at radius 3 is 2.40 bits per heavy atom. The largest absolute Gasteiger partial charge is 0.260 e. The molecule has 0 fully saturated rings. The molecule has 1 atom stereocenters. The lowest BCUT2D eigenvalue weighted by Crippen LogP contribution is -1.91. The highest BCUT2D eigenvalue weighted by atomic mass is 79.9. The van der Waals surface area contributed by atoms with Crippen LogP contribution >= 0.6 is 31.9 Å². The van der Waals surface area contributed by atoms with Gasteiger partial charge in [0.2, 0.25) is 0 Å². The molecule has 0 spiro atoms. The number of aromatic nitrogens is 1. The predicted molar refractivity (Wildman–Crippen MR) is 98.5 cm³/mol. The van der Waals surface area contributed by atoms with Gasteiger partial charge in [-0.3, -0.25) is 4.98 Å². The molecule has 0 aliphatic heterocycles. The van der Waals surface area contributed by atoms with Crippen LogP contribution in [-0.4, -0.2) is 10.3 Å². The van der Waals surface area contributed by atoms with E-state index in [2.05, 4.69) is 87.6 Å². The average molecular weight is 401 g/mol. The fourth-order valence-electron chi connectivity index (χ4n) is 1.35. The van der Waals surface area contributed by atoms with Crippen LogP contribution in [0.2, 0.25) is 0 Å². The molecule has 0 radical (unpaired) electrons. The van der Waals surface area contributed by atoms with E-state index in [1.807, 2.05) is 13.1 Å². The van der Waals surface area contributed by atoms with Crippen molar-refractivity contribution in [3.05, 3.63) is 60.5 Å². The molecule has 110 valence electrons. The molecule has 1 heterocycles. The minimum absolute atomic E-state index is 0.541. The first-order valence-corrected chi connectivity index (χ1v) is 8.85. The Kier molecular flexibility index (Phi) is 11.7. The monoisotopic (exact) mass is 399 g/mol. The van der Waals surface area contributed by atoms with Crippen LogP contribution in [0.25, 0.3) is 5.57 Å². The van der Waals surface area contributed by atoms with Gasteiger partial charge >= 0.3 is 0 Å². The van der Waals surface area contributed by atoms with Gasteiger partial charge in [0.25, 0.3) is 0 Å². The smallest absolute Gasteiger partial charge is 0.0509 e. The summed E-state index contributed by atoms with van der Waals surface area (Å²) in [4.78, 5) is 4.38. The van der Waals surface area contributed by atoms with E-state index >= 15 is 0 Å². The first kappa shape index (κ1) is 19.3. The van der Waals surface area contributed by atoms with Crippen molar-refractivity contribution in [1.82, 2.24) is 4.98 Å². The number of hydrogen-bond donors (Lipinski definition) is 0. The zero-order chi connectivity index (χ0) is 15.4. The summed E-state index contributed by atoms with van der Waals surface area (Å²) < 4.78 is 0. The molecular weight excluding hydrogens is 378 g/mol. The number of allylic oxidation sites excluding steroid dienone is 5. The molecule has 0 aromatic carbocycles. The minimum atomic E-state index is 0.541. The SMILES string of the molecule is C/C=C(\C=C/C(C)CBr)c1ccc(CBr)nc1.C=CC. The van der Waals surface area contributed by atoms with Crippen molar-refractivity contribution in [3.8, 4) is 0 Å². The van der Waals surface area contributed by atoms with Gasteiger partial charge in [-0.05, 0) is 37.0 Å². The summed E-state index contributed by atoms with van der Waals surface area (Å²) in [5.41, 5.74) is 3.43. The van der Waals surface area contributed by atoms with Crippen molar-refractivity contribution in [2.75, 3.05) is 5.33 Å². The minimum Gasteiger partial charge on any atom is -0.260 e. The van der Waals surface area contributed by atoms with E-state index < -0.39 is 0 Å². The second kappa shape index (κ2) is 12.1. The number of alkyl halides is 2. The van der Waals surface area contributed by atoms with Crippen LogP contribution in [0.5, 0.6) is 0 Å². The second-order valence-corrected chi connectivity index (χ2v) is 5.52. The summed E-state index contributed by atoms with van der Waals surface area (Å²) in [7, 11) is 0. The molecule has 0 N–H and O–H groups in total. The van der Waals surface area contributed by atoms with Crippen molar-refractivity contribution in [2.45, 2.75) is 26.1 Å². The molecule has 1 nitrogen and oxygen atoms in total. The lowest BCUT2D eigenvalue weighted by Gasteiger charge is -2.04. The van der Waals surface area contributed by atoms with Crippen molar-refractivity contribution in [3.63, 3.8) is 0 Å². The molecular formula is C17H23Br2N. The quantitative estimate of drug-likeness (QED) is 0.327. The maximum Gasteiger partial charge on any atom is 0.0509 e. The Morgan fingerprint density at radius 2 is 2.00 bits per heavy atom. The lowest BCUT2D eigenvalue weighted by molar-refractivity contribution is 0.855. The van der Waals surface area contributed by atoms with Gasteiger partial charge in [0.05, 0.1) is 5.69 Å². The summed E-state index contributed by atoms with van der Waals surface area (Å²) >= 11 is 6.87. The molecule has 0 saturated carbocycles. The van der Waals surface area contributed by atoms with Gasteiger partial charge < -0.3 is 0 Å². The molecule has 20 heavy (non-hydrogen) atoms. The average Bonchev–Trinajstić information content (AvgIpc) is 2.49. The summed E-state index contributed by atoms with van der Waals surface area (Å²) in [6.45, 7) is 9.49. The van der Waals surface area contributed by atoms with E-state index in [4.69, 9.17) is 0 Å². The normalized spacial score (nSPS) is 12.8. The Morgan fingerprint density at radius 1 is 1.35 bits per heavy atom. The Labute approximate surface area is 140 Å². The van der Waals surface area contributed by atoms with E-state index in [1.54, 1.807) is 6.08 Å². The van der Waals surface area contributed by atoms with E-state index in [0.717, 1.165) is 21.9 Å². The number of nitrogens with zero attached hydrogens (tertiary/aromatic N) is 1. The maximum atomic E-state index is 4.38. The van der Waals surface area contributed by atoms with Crippen molar-refractivity contribution < 1.29 is 0 Å². The fraction of sp³-hybridized carbons (Fsp3) is 0.353. The molecule has 0 aliphatic rings. The Bertz CT molecular complexity index is 433. The first-order valence-electron chi connectivity index (χ1n) is 6.61. The zero-order valence-electron chi connectivity index (χ0n) is 12.4. The number of rotatable bonds is 5. The molecule has 1 unspecified atom stereocenters.